The monoisotopic (exact) mass is 499 g/mol. The van der Waals surface area contributed by atoms with Gasteiger partial charge in [-0.25, -0.2) is 4.79 Å². The molecule has 2 aliphatic carbocycles. The smallest absolute Gasteiger partial charge is 0.407 e. The summed E-state index contributed by atoms with van der Waals surface area (Å²) >= 11 is 3.49. The predicted molar refractivity (Wildman–Crippen MR) is 122 cm³/mol. The van der Waals surface area contributed by atoms with Gasteiger partial charge >= 0.3 is 6.09 Å². The zero-order valence-electron chi connectivity index (χ0n) is 18.1. The number of nitrogens with zero attached hydrogens (tertiary/aromatic N) is 1. The zero-order valence-corrected chi connectivity index (χ0v) is 19.6. The number of carbonyl (C=O) groups excluding carboxylic acids is 2. The molecule has 7 atom stereocenters. The summed E-state index contributed by atoms with van der Waals surface area (Å²) in [6, 6.07) is 6.44. The second kappa shape index (κ2) is 6.83. The van der Waals surface area contributed by atoms with E-state index in [1.165, 1.54) is 13.5 Å². The first-order valence-corrected chi connectivity index (χ1v) is 12.2. The third-order valence-electron chi connectivity index (χ3n) is 8.64. The molecule has 0 bridgehead atoms. The lowest BCUT2D eigenvalue weighted by atomic mass is 9.80. The highest BCUT2D eigenvalue weighted by atomic mass is 79.9. The van der Waals surface area contributed by atoms with Gasteiger partial charge in [-0.3, -0.25) is 9.59 Å². The molecule has 2 saturated heterocycles. The van der Waals surface area contributed by atoms with Crippen LogP contribution in [0.25, 0.3) is 10.9 Å². The molecular formula is C24H26BrN3O4. The topological polar surface area (TPSA) is 91.5 Å². The molecule has 1 aromatic heterocycles. The van der Waals surface area contributed by atoms with Gasteiger partial charge in [0.25, 0.3) is 0 Å². The van der Waals surface area contributed by atoms with Crippen molar-refractivity contribution in [2.24, 2.45) is 23.7 Å². The number of halogens is 1. The second-order valence-corrected chi connectivity index (χ2v) is 10.8. The van der Waals surface area contributed by atoms with Gasteiger partial charge in [-0.2, -0.15) is 0 Å². The van der Waals surface area contributed by atoms with Crippen LogP contribution in [-0.4, -0.2) is 40.6 Å². The van der Waals surface area contributed by atoms with Crippen LogP contribution in [0.3, 0.4) is 0 Å². The van der Waals surface area contributed by atoms with Gasteiger partial charge < -0.3 is 19.9 Å². The molecule has 4 fully saturated rings. The summed E-state index contributed by atoms with van der Waals surface area (Å²) in [7, 11) is 1.32. The number of pyridine rings is 1. The van der Waals surface area contributed by atoms with Gasteiger partial charge in [-0.15, -0.1) is 0 Å². The van der Waals surface area contributed by atoms with Crippen molar-refractivity contribution >= 4 is 38.8 Å². The zero-order chi connectivity index (χ0) is 22.4. The van der Waals surface area contributed by atoms with E-state index in [2.05, 4.69) is 38.1 Å². The van der Waals surface area contributed by atoms with Crippen LogP contribution in [0.1, 0.15) is 44.3 Å². The number of rotatable bonds is 2. The van der Waals surface area contributed by atoms with E-state index < -0.39 is 12.1 Å². The fourth-order valence-electron chi connectivity index (χ4n) is 7.57. The standard InChI is InChI=1S/C24H26BrN3O4/c1-11-20-15-5-3-4-12-8-18(17-10-19(29)14-7-6-13(25)9-16(14)26-17)28(24(12,15)20)22(30)21(11)27-23(31)32-2/h6-7,9-12,15,18,20-21H,3-5,8H2,1-2H3,(H,26,29)(H,27,31)/t11?,12-,15?,18-,20?,21-,24?/m0/s1. The van der Waals surface area contributed by atoms with Crippen LogP contribution >= 0.6 is 15.9 Å². The molecule has 2 aliphatic heterocycles. The number of piperidine rings is 1. The number of aromatic nitrogens is 1. The summed E-state index contributed by atoms with van der Waals surface area (Å²) in [6.45, 7) is 2.09. The molecule has 2 N–H and O–H groups in total. The van der Waals surface area contributed by atoms with Crippen molar-refractivity contribution in [2.45, 2.75) is 50.2 Å². The first-order valence-electron chi connectivity index (χ1n) is 11.4. The Bertz CT molecular complexity index is 1210. The van der Waals surface area contributed by atoms with E-state index in [9.17, 15) is 14.4 Å². The number of benzene rings is 1. The van der Waals surface area contributed by atoms with Crippen LogP contribution in [0, 0.1) is 23.7 Å². The quantitative estimate of drug-likeness (QED) is 0.658. The number of fused-ring (bicyclic) bond motifs is 2. The summed E-state index contributed by atoms with van der Waals surface area (Å²) in [5.74, 6) is 1.29. The summed E-state index contributed by atoms with van der Waals surface area (Å²) in [4.78, 5) is 44.3. The molecule has 4 aliphatic rings. The lowest BCUT2D eigenvalue weighted by molar-refractivity contribution is -0.143. The molecule has 7 nitrogen and oxygen atoms in total. The molecule has 8 heteroatoms. The second-order valence-electron chi connectivity index (χ2n) is 9.86. The summed E-state index contributed by atoms with van der Waals surface area (Å²) in [5, 5.41) is 3.44. The number of nitrogens with one attached hydrogen (secondary N) is 2. The summed E-state index contributed by atoms with van der Waals surface area (Å²) < 4.78 is 5.70. The molecule has 6 rings (SSSR count). The van der Waals surface area contributed by atoms with Crippen molar-refractivity contribution in [3.8, 4) is 0 Å². The lowest BCUT2D eigenvalue weighted by Gasteiger charge is -2.43. The highest BCUT2D eigenvalue weighted by Gasteiger charge is 2.80. The molecule has 4 unspecified atom stereocenters. The Morgan fingerprint density at radius 3 is 2.88 bits per heavy atom. The molecule has 1 spiro atoms. The van der Waals surface area contributed by atoms with Crippen LogP contribution in [0.2, 0.25) is 0 Å². The van der Waals surface area contributed by atoms with Crippen LogP contribution < -0.4 is 10.7 Å². The summed E-state index contributed by atoms with van der Waals surface area (Å²) in [5.41, 5.74) is 1.38. The maximum Gasteiger partial charge on any atom is 0.407 e. The first-order chi connectivity index (χ1) is 15.4. The van der Waals surface area contributed by atoms with Crippen molar-refractivity contribution in [3.05, 3.63) is 44.7 Å². The van der Waals surface area contributed by atoms with Crippen LogP contribution in [0.5, 0.6) is 0 Å². The van der Waals surface area contributed by atoms with E-state index in [4.69, 9.17) is 4.74 Å². The fourth-order valence-corrected chi connectivity index (χ4v) is 7.93. The molecule has 2 amide bonds. The number of carbonyl (C=O) groups is 2. The van der Waals surface area contributed by atoms with Crippen molar-refractivity contribution in [1.82, 2.24) is 15.2 Å². The number of hydrogen-bond donors (Lipinski definition) is 2. The number of methoxy groups -OCH3 is 1. The minimum atomic E-state index is -0.605. The Balaban J connectivity index is 1.47. The molecule has 2 saturated carbocycles. The molecule has 2 aromatic rings. The van der Waals surface area contributed by atoms with Gasteiger partial charge in [0.1, 0.15) is 6.04 Å². The molecule has 32 heavy (non-hydrogen) atoms. The van der Waals surface area contributed by atoms with E-state index in [1.807, 2.05) is 18.2 Å². The third-order valence-corrected chi connectivity index (χ3v) is 9.13. The molecule has 3 heterocycles. The average molecular weight is 500 g/mol. The number of aromatic amines is 1. The number of ether oxygens (including phenoxy) is 1. The number of hydrogen-bond acceptors (Lipinski definition) is 4. The van der Waals surface area contributed by atoms with Crippen molar-refractivity contribution in [2.75, 3.05) is 7.11 Å². The fraction of sp³-hybridized carbons (Fsp3) is 0.542. The van der Waals surface area contributed by atoms with E-state index in [1.54, 1.807) is 6.07 Å². The highest BCUT2D eigenvalue weighted by molar-refractivity contribution is 9.10. The Kier molecular flexibility index (Phi) is 4.32. The third kappa shape index (κ3) is 2.50. The minimum absolute atomic E-state index is 0.0421. The molecular weight excluding hydrogens is 474 g/mol. The van der Waals surface area contributed by atoms with Crippen molar-refractivity contribution < 1.29 is 14.3 Å². The first kappa shape index (κ1) is 20.3. The molecule has 0 radical (unpaired) electrons. The maximum atomic E-state index is 13.9. The summed E-state index contributed by atoms with van der Waals surface area (Å²) in [6.07, 6.45) is 3.68. The Labute approximate surface area is 194 Å². The molecule has 1 aromatic carbocycles. The van der Waals surface area contributed by atoms with Gasteiger partial charge in [0.05, 0.1) is 24.2 Å². The van der Waals surface area contributed by atoms with Gasteiger partial charge in [0.15, 0.2) is 5.43 Å². The van der Waals surface area contributed by atoms with Crippen LogP contribution in [0.4, 0.5) is 4.79 Å². The minimum Gasteiger partial charge on any atom is -0.453 e. The van der Waals surface area contributed by atoms with E-state index in [-0.39, 0.29) is 28.8 Å². The Morgan fingerprint density at radius 2 is 2.09 bits per heavy atom. The normalized spacial score (nSPS) is 37.1. The number of H-pyrrole nitrogens is 1. The Hall–Kier alpha value is -2.35. The van der Waals surface area contributed by atoms with E-state index in [0.29, 0.717) is 23.1 Å². The van der Waals surface area contributed by atoms with Gasteiger partial charge in [0, 0.05) is 21.6 Å². The van der Waals surface area contributed by atoms with E-state index in [0.717, 1.165) is 34.9 Å². The number of amides is 2. The highest BCUT2D eigenvalue weighted by Crippen LogP contribution is 2.75. The average Bonchev–Trinajstić information content (AvgIpc) is 3.33. The van der Waals surface area contributed by atoms with Gasteiger partial charge in [0.2, 0.25) is 5.91 Å². The Morgan fingerprint density at radius 1 is 1.28 bits per heavy atom. The lowest BCUT2D eigenvalue weighted by Crippen LogP contribution is -2.60. The van der Waals surface area contributed by atoms with Crippen molar-refractivity contribution in [3.63, 3.8) is 0 Å². The van der Waals surface area contributed by atoms with Crippen molar-refractivity contribution in [1.29, 1.82) is 0 Å². The predicted octanol–water partition coefficient (Wildman–Crippen LogP) is 3.72. The largest absolute Gasteiger partial charge is 0.453 e. The van der Waals surface area contributed by atoms with E-state index >= 15 is 0 Å². The van der Waals surface area contributed by atoms with Crippen LogP contribution in [-0.2, 0) is 9.53 Å². The number of alkyl carbamates (subject to hydrolysis) is 1. The SMILES string of the molecule is COC(=O)N[C@@H]1C(=O)N2[C@H](c3cc(=O)c4ccc(Br)cc4[nH]3)C[C@@H]3CCCC4C(C1C)C432. The van der Waals surface area contributed by atoms with Gasteiger partial charge in [-0.05, 0) is 61.1 Å². The van der Waals surface area contributed by atoms with Crippen LogP contribution in [0.15, 0.2) is 33.5 Å². The molecule has 168 valence electrons. The van der Waals surface area contributed by atoms with Gasteiger partial charge in [-0.1, -0.05) is 29.3 Å². The maximum absolute atomic E-state index is 13.9.